The molecule has 3 aromatic heterocycles. The van der Waals surface area contributed by atoms with Gasteiger partial charge in [0.05, 0.1) is 27.3 Å². The normalized spacial score (nSPS) is 14.8. The molecule has 9 heteroatoms. The minimum Gasteiger partial charge on any atom is -0.478 e. The fourth-order valence-electron chi connectivity index (χ4n) is 3.82. The maximum atomic E-state index is 11.1. The van der Waals surface area contributed by atoms with Crippen molar-refractivity contribution in [1.82, 2.24) is 24.8 Å². The lowest BCUT2D eigenvalue weighted by Crippen LogP contribution is -2.44. The van der Waals surface area contributed by atoms with E-state index in [1.54, 1.807) is 6.20 Å². The van der Waals surface area contributed by atoms with Crippen LogP contribution in [0.3, 0.4) is 0 Å². The zero-order valence-corrected chi connectivity index (χ0v) is 18.2. The number of benzene rings is 1. The maximum Gasteiger partial charge on any atom is 0.337 e. The summed E-state index contributed by atoms with van der Waals surface area (Å²) in [6.07, 6.45) is 2.95. The zero-order valence-electron chi connectivity index (χ0n) is 17.4. The van der Waals surface area contributed by atoms with E-state index in [-0.39, 0.29) is 10.6 Å². The number of anilines is 1. The highest BCUT2D eigenvalue weighted by atomic mass is 35.5. The van der Waals surface area contributed by atoms with Crippen molar-refractivity contribution in [2.45, 2.75) is 0 Å². The first kappa shape index (κ1) is 20.4. The summed E-state index contributed by atoms with van der Waals surface area (Å²) in [7, 11) is 2.15. The van der Waals surface area contributed by atoms with Gasteiger partial charge in [-0.05, 0) is 43.4 Å². The van der Waals surface area contributed by atoms with Crippen LogP contribution in [-0.2, 0) is 0 Å². The topological polar surface area (TPSA) is 98.2 Å². The second kappa shape index (κ2) is 8.22. The molecule has 1 saturated heterocycles. The fraction of sp³-hybridized carbons (Fsp3) is 0.217. The van der Waals surface area contributed by atoms with Gasteiger partial charge in [0, 0.05) is 49.8 Å². The molecule has 1 aliphatic heterocycles. The summed E-state index contributed by atoms with van der Waals surface area (Å²) < 4.78 is 0. The van der Waals surface area contributed by atoms with Crippen LogP contribution in [-0.4, -0.2) is 69.1 Å². The van der Waals surface area contributed by atoms with Crippen LogP contribution < -0.4 is 4.90 Å². The summed E-state index contributed by atoms with van der Waals surface area (Å²) in [6, 6.07) is 11.4. The largest absolute Gasteiger partial charge is 0.478 e. The molecule has 0 unspecified atom stereocenters. The van der Waals surface area contributed by atoms with Crippen molar-refractivity contribution in [2.24, 2.45) is 0 Å². The van der Waals surface area contributed by atoms with Gasteiger partial charge < -0.3 is 19.9 Å². The number of fused-ring (bicyclic) bond motifs is 1. The van der Waals surface area contributed by atoms with Crippen molar-refractivity contribution in [3.05, 3.63) is 59.4 Å². The third-order valence-corrected chi connectivity index (χ3v) is 5.99. The number of carboxylic acid groups (broad SMARTS) is 1. The number of pyridine rings is 2. The summed E-state index contributed by atoms with van der Waals surface area (Å²) in [5.74, 6) is -0.387. The number of aromatic carboxylic acids is 1. The molecule has 0 aliphatic carbocycles. The van der Waals surface area contributed by atoms with Crippen LogP contribution in [0.15, 0.2) is 48.8 Å². The molecule has 162 valence electrons. The highest BCUT2D eigenvalue weighted by Crippen LogP contribution is 2.28. The van der Waals surface area contributed by atoms with E-state index in [0.29, 0.717) is 22.8 Å². The molecular weight excluding hydrogens is 428 g/mol. The Labute approximate surface area is 189 Å². The van der Waals surface area contributed by atoms with Crippen molar-refractivity contribution in [2.75, 3.05) is 38.1 Å². The first-order valence-corrected chi connectivity index (χ1v) is 10.6. The van der Waals surface area contributed by atoms with E-state index in [1.807, 2.05) is 18.2 Å². The van der Waals surface area contributed by atoms with Gasteiger partial charge in [-0.2, -0.15) is 0 Å². The van der Waals surface area contributed by atoms with Gasteiger partial charge in [0.1, 0.15) is 5.69 Å². The number of hydrogen-bond donors (Lipinski definition) is 2. The Bertz CT molecular complexity index is 1300. The van der Waals surface area contributed by atoms with Gasteiger partial charge in [-0.1, -0.05) is 11.6 Å². The molecule has 2 N–H and O–H groups in total. The molecule has 8 nitrogen and oxygen atoms in total. The number of imidazole rings is 1. The van der Waals surface area contributed by atoms with Gasteiger partial charge in [0.25, 0.3) is 0 Å². The van der Waals surface area contributed by atoms with Gasteiger partial charge >= 0.3 is 5.97 Å². The Balaban J connectivity index is 1.40. The monoisotopic (exact) mass is 448 g/mol. The molecular formula is C23H21ClN6O2. The smallest absolute Gasteiger partial charge is 0.337 e. The Morgan fingerprint density at radius 2 is 1.88 bits per heavy atom. The van der Waals surface area contributed by atoms with Crippen LogP contribution >= 0.6 is 11.6 Å². The molecule has 1 fully saturated rings. The Hall–Kier alpha value is -3.49. The lowest BCUT2D eigenvalue weighted by molar-refractivity contribution is 0.0696. The molecule has 0 radical (unpaired) electrons. The molecule has 0 spiro atoms. The molecule has 0 saturated carbocycles. The molecule has 4 aromatic rings. The number of nitrogens with one attached hydrogen (secondary N) is 1. The van der Waals surface area contributed by atoms with Crippen LogP contribution in [0.25, 0.3) is 33.8 Å². The van der Waals surface area contributed by atoms with Crippen LogP contribution in [0.5, 0.6) is 0 Å². The molecule has 0 atom stereocenters. The first-order valence-electron chi connectivity index (χ1n) is 10.3. The predicted octanol–water partition coefficient (Wildman–Crippen LogP) is 3.79. The molecule has 0 amide bonds. The molecule has 0 bridgehead atoms. The predicted molar refractivity (Wildman–Crippen MR) is 124 cm³/mol. The van der Waals surface area contributed by atoms with Gasteiger partial charge in [-0.25, -0.2) is 9.78 Å². The third kappa shape index (κ3) is 3.90. The minimum absolute atomic E-state index is 0.0431. The second-order valence-electron chi connectivity index (χ2n) is 7.87. The van der Waals surface area contributed by atoms with Crippen molar-refractivity contribution in [1.29, 1.82) is 0 Å². The van der Waals surface area contributed by atoms with Crippen LogP contribution in [0.1, 0.15) is 10.4 Å². The Morgan fingerprint density at radius 3 is 2.56 bits per heavy atom. The number of carbonyl (C=O) groups is 1. The van der Waals surface area contributed by atoms with E-state index in [1.165, 1.54) is 18.0 Å². The number of halogens is 1. The van der Waals surface area contributed by atoms with Gasteiger partial charge in [-0.15, -0.1) is 0 Å². The van der Waals surface area contributed by atoms with E-state index in [0.717, 1.165) is 37.2 Å². The highest BCUT2D eigenvalue weighted by Gasteiger charge is 2.16. The minimum atomic E-state index is -1.07. The molecule has 1 aromatic carbocycles. The number of likely N-dealkylation sites (N-methyl/N-ethyl adjacent to an activating group) is 1. The van der Waals surface area contributed by atoms with E-state index in [9.17, 15) is 4.79 Å². The number of nitrogens with zero attached hydrogens (tertiary/aromatic N) is 5. The molecule has 1 aliphatic rings. The van der Waals surface area contributed by atoms with E-state index >= 15 is 0 Å². The third-order valence-electron chi connectivity index (χ3n) is 5.70. The first-order chi connectivity index (χ1) is 15.5. The summed E-state index contributed by atoms with van der Waals surface area (Å²) in [5, 5.41) is 9.33. The maximum absolute atomic E-state index is 11.1. The SMILES string of the molecule is CN1CCN(c2ccc3nc(-c4ccc(-c5ncc(C(=O)O)cc5Cl)cn4)[nH]c3c2)CC1. The lowest BCUT2D eigenvalue weighted by atomic mass is 10.1. The van der Waals surface area contributed by atoms with Gasteiger partial charge in [0.2, 0.25) is 0 Å². The number of aromatic nitrogens is 4. The Kier molecular flexibility index (Phi) is 5.24. The number of hydrogen-bond acceptors (Lipinski definition) is 6. The van der Waals surface area contributed by atoms with Crippen molar-refractivity contribution in [3.63, 3.8) is 0 Å². The summed E-state index contributed by atoms with van der Waals surface area (Å²) in [4.78, 5) is 32.5. The number of H-pyrrole nitrogens is 1. The number of carboxylic acids is 1. The van der Waals surface area contributed by atoms with Crippen molar-refractivity contribution < 1.29 is 9.90 Å². The van der Waals surface area contributed by atoms with Crippen LogP contribution in [0.4, 0.5) is 5.69 Å². The number of aromatic amines is 1. The summed E-state index contributed by atoms with van der Waals surface area (Å²) in [6.45, 7) is 4.13. The lowest BCUT2D eigenvalue weighted by Gasteiger charge is -2.34. The quantitative estimate of drug-likeness (QED) is 0.490. The molecule has 4 heterocycles. The average molecular weight is 449 g/mol. The molecule has 5 rings (SSSR count). The van der Waals surface area contributed by atoms with Gasteiger partial charge in [-0.3, -0.25) is 9.97 Å². The van der Waals surface area contributed by atoms with Crippen molar-refractivity contribution >= 4 is 34.3 Å². The van der Waals surface area contributed by atoms with Crippen molar-refractivity contribution in [3.8, 4) is 22.8 Å². The Morgan fingerprint density at radius 1 is 1.06 bits per heavy atom. The van der Waals surface area contributed by atoms with E-state index in [2.05, 4.69) is 48.9 Å². The highest BCUT2D eigenvalue weighted by molar-refractivity contribution is 6.33. The van der Waals surface area contributed by atoms with E-state index in [4.69, 9.17) is 16.7 Å². The second-order valence-corrected chi connectivity index (χ2v) is 8.28. The zero-order chi connectivity index (χ0) is 22.2. The standard InChI is InChI=1S/C23H21ClN6O2/c1-29-6-8-30(9-7-29)16-3-5-18-20(11-16)28-22(27-18)19-4-2-14(12-25-19)21-17(24)10-15(13-26-21)23(31)32/h2-5,10-13H,6-9H2,1H3,(H,27,28)(H,31,32). The number of rotatable bonds is 4. The summed E-state index contributed by atoms with van der Waals surface area (Å²) in [5.41, 5.74) is 4.97. The van der Waals surface area contributed by atoms with Gasteiger partial charge in [0.15, 0.2) is 5.82 Å². The van der Waals surface area contributed by atoms with Crippen LogP contribution in [0, 0.1) is 0 Å². The average Bonchev–Trinajstić information content (AvgIpc) is 3.23. The van der Waals surface area contributed by atoms with E-state index < -0.39 is 5.97 Å². The summed E-state index contributed by atoms with van der Waals surface area (Å²) >= 11 is 6.23. The molecule has 32 heavy (non-hydrogen) atoms. The van der Waals surface area contributed by atoms with Crippen LogP contribution in [0.2, 0.25) is 5.02 Å². The number of piperazine rings is 1. The fourth-order valence-corrected chi connectivity index (χ4v) is 4.10.